The van der Waals surface area contributed by atoms with Crippen molar-refractivity contribution in [3.63, 3.8) is 0 Å². The second-order valence-electron chi connectivity index (χ2n) is 5.49. The summed E-state index contributed by atoms with van der Waals surface area (Å²) in [4.78, 5) is 12.3. The molecular weight excluding hydrogens is 349 g/mol. The first-order valence-corrected chi connectivity index (χ1v) is 7.69. The van der Waals surface area contributed by atoms with Crippen LogP contribution in [-0.4, -0.2) is 20.1 Å². The minimum atomic E-state index is -4.53. The molecule has 0 fully saturated rings. The Bertz CT molecular complexity index is 769. The number of methoxy groups -OCH3 is 2. The molecule has 0 aliphatic rings. The first-order chi connectivity index (χ1) is 12.3. The van der Waals surface area contributed by atoms with Crippen LogP contribution in [0.2, 0.25) is 0 Å². The monoisotopic (exact) mass is 368 g/mol. The summed E-state index contributed by atoms with van der Waals surface area (Å²) in [5.74, 6) is 0.396. The molecule has 0 saturated heterocycles. The van der Waals surface area contributed by atoms with Crippen LogP contribution in [0.4, 0.5) is 18.9 Å². The van der Waals surface area contributed by atoms with Gasteiger partial charge in [-0.3, -0.25) is 4.79 Å². The zero-order chi connectivity index (χ0) is 19.3. The highest BCUT2D eigenvalue weighted by Crippen LogP contribution is 2.32. The third kappa shape index (κ3) is 4.66. The highest BCUT2D eigenvalue weighted by molar-refractivity contribution is 5.93. The summed E-state index contributed by atoms with van der Waals surface area (Å²) >= 11 is 0. The number of carbonyl (C=O) groups is 1. The minimum Gasteiger partial charge on any atom is -0.496 e. The molecular formula is C18H19F3N2O3. The van der Waals surface area contributed by atoms with E-state index in [0.29, 0.717) is 17.1 Å². The zero-order valence-electron chi connectivity index (χ0n) is 14.3. The Morgan fingerprint density at radius 3 is 2.23 bits per heavy atom. The summed E-state index contributed by atoms with van der Waals surface area (Å²) in [5, 5.41) is 2.47. The summed E-state index contributed by atoms with van der Waals surface area (Å²) in [6.07, 6.45) is -4.65. The van der Waals surface area contributed by atoms with Gasteiger partial charge < -0.3 is 20.5 Å². The number of anilines is 1. The topological polar surface area (TPSA) is 73.6 Å². The first-order valence-electron chi connectivity index (χ1n) is 7.69. The SMILES string of the molecule is COc1cccc(OC)c1CC(=O)Nc1cc(CN)cc(C(F)(F)F)c1. The molecule has 3 N–H and O–H groups in total. The van der Waals surface area contributed by atoms with Crippen LogP contribution in [0, 0.1) is 0 Å². The van der Waals surface area contributed by atoms with E-state index < -0.39 is 17.6 Å². The average Bonchev–Trinajstić information content (AvgIpc) is 2.60. The maximum atomic E-state index is 13.0. The number of hydrogen-bond acceptors (Lipinski definition) is 4. The van der Waals surface area contributed by atoms with Crippen LogP contribution in [0.1, 0.15) is 16.7 Å². The predicted octanol–water partition coefficient (Wildman–Crippen LogP) is 3.36. The minimum absolute atomic E-state index is 0.0270. The molecule has 0 unspecified atom stereocenters. The van der Waals surface area contributed by atoms with Crippen molar-refractivity contribution in [1.82, 2.24) is 0 Å². The molecule has 2 rings (SSSR count). The molecule has 0 aliphatic heterocycles. The molecule has 8 heteroatoms. The van der Waals surface area contributed by atoms with Gasteiger partial charge in [0.1, 0.15) is 11.5 Å². The molecule has 0 aromatic heterocycles. The highest BCUT2D eigenvalue weighted by Gasteiger charge is 2.31. The van der Waals surface area contributed by atoms with Gasteiger partial charge in [0.05, 0.1) is 26.2 Å². The second-order valence-corrected chi connectivity index (χ2v) is 5.49. The second kappa shape index (κ2) is 8.09. The quantitative estimate of drug-likeness (QED) is 0.820. The van der Waals surface area contributed by atoms with E-state index in [4.69, 9.17) is 15.2 Å². The van der Waals surface area contributed by atoms with E-state index in [9.17, 15) is 18.0 Å². The Kier molecular flexibility index (Phi) is 6.10. The summed E-state index contributed by atoms with van der Waals surface area (Å²) in [6.45, 7) is -0.0763. The van der Waals surface area contributed by atoms with Crippen molar-refractivity contribution in [2.45, 2.75) is 19.1 Å². The van der Waals surface area contributed by atoms with Crippen LogP contribution in [-0.2, 0) is 23.9 Å². The molecule has 0 aliphatic carbocycles. The smallest absolute Gasteiger partial charge is 0.416 e. The number of halogens is 3. The Balaban J connectivity index is 2.26. The van der Waals surface area contributed by atoms with E-state index in [1.54, 1.807) is 18.2 Å². The van der Waals surface area contributed by atoms with Crippen LogP contribution in [0.15, 0.2) is 36.4 Å². The van der Waals surface area contributed by atoms with Crippen molar-refractivity contribution < 1.29 is 27.4 Å². The van der Waals surface area contributed by atoms with E-state index in [0.717, 1.165) is 12.1 Å². The van der Waals surface area contributed by atoms with Crippen LogP contribution >= 0.6 is 0 Å². The largest absolute Gasteiger partial charge is 0.496 e. The van der Waals surface area contributed by atoms with Gasteiger partial charge in [-0.25, -0.2) is 0 Å². The lowest BCUT2D eigenvalue weighted by Crippen LogP contribution is -2.17. The molecule has 5 nitrogen and oxygen atoms in total. The molecule has 0 spiro atoms. The van der Waals surface area contributed by atoms with E-state index in [2.05, 4.69) is 5.32 Å². The number of amides is 1. The van der Waals surface area contributed by atoms with E-state index >= 15 is 0 Å². The number of nitrogens with two attached hydrogens (primary N) is 1. The van der Waals surface area contributed by atoms with Gasteiger partial charge in [0, 0.05) is 17.8 Å². The van der Waals surface area contributed by atoms with E-state index in [1.807, 2.05) is 0 Å². The van der Waals surface area contributed by atoms with Crippen molar-refractivity contribution in [2.75, 3.05) is 19.5 Å². The lowest BCUT2D eigenvalue weighted by Gasteiger charge is -2.14. The van der Waals surface area contributed by atoms with E-state index in [-0.39, 0.29) is 24.2 Å². The maximum absolute atomic E-state index is 13.0. The van der Waals surface area contributed by atoms with Crippen LogP contribution in [0.25, 0.3) is 0 Å². The fraction of sp³-hybridized carbons (Fsp3) is 0.278. The molecule has 26 heavy (non-hydrogen) atoms. The number of nitrogens with one attached hydrogen (secondary N) is 1. The van der Waals surface area contributed by atoms with Crippen LogP contribution < -0.4 is 20.5 Å². The fourth-order valence-corrected chi connectivity index (χ4v) is 2.51. The van der Waals surface area contributed by atoms with Crippen molar-refractivity contribution >= 4 is 11.6 Å². The van der Waals surface area contributed by atoms with Crippen LogP contribution in [0.5, 0.6) is 11.5 Å². The third-order valence-corrected chi connectivity index (χ3v) is 3.71. The van der Waals surface area contributed by atoms with Gasteiger partial charge in [-0.15, -0.1) is 0 Å². The number of rotatable bonds is 6. The van der Waals surface area contributed by atoms with Crippen LogP contribution in [0.3, 0.4) is 0 Å². The Morgan fingerprint density at radius 1 is 1.12 bits per heavy atom. The molecule has 0 radical (unpaired) electrons. The normalized spacial score (nSPS) is 11.2. The number of alkyl halides is 3. The summed E-state index contributed by atoms with van der Waals surface area (Å²) < 4.78 is 49.4. The van der Waals surface area contributed by atoms with Gasteiger partial charge in [0.2, 0.25) is 5.91 Å². The Morgan fingerprint density at radius 2 is 1.73 bits per heavy atom. The van der Waals surface area contributed by atoms with E-state index in [1.165, 1.54) is 20.3 Å². The van der Waals surface area contributed by atoms with Gasteiger partial charge in [-0.05, 0) is 35.9 Å². The Labute approximate surface area is 148 Å². The molecule has 140 valence electrons. The lowest BCUT2D eigenvalue weighted by atomic mass is 10.1. The van der Waals surface area contributed by atoms with Gasteiger partial charge >= 0.3 is 6.18 Å². The van der Waals surface area contributed by atoms with Gasteiger partial charge in [0.25, 0.3) is 0 Å². The molecule has 0 bridgehead atoms. The fourth-order valence-electron chi connectivity index (χ4n) is 2.51. The van der Waals surface area contributed by atoms with Crippen molar-refractivity contribution in [3.05, 3.63) is 53.1 Å². The predicted molar refractivity (Wildman–Crippen MR) is 91.2 cm³/mol. The number of hydrogen-bond donors (Lipinski definition) is 2. The zero-order valence-corrected chi connectivity index (χ0v) is 14.3. The van der Waals surface area contributed by atoms with Crippen molar-refractivity contribution in [1.29, 1.82) is 0 Å². The van der Waals surface area contributed by atoms with Crippen molar-refractivity contribution in [2.24, 2.45) is 5.73 Å². The average molecular weight is 368 g/mol. The lowest BCUT2D eigenvalue weighted by molar-refractivity contribution is -0.137. The van der Waals surface area contributed by atoms with Gasteiger partial charge in [0.15, 0.2) is 0 Å². The van der Waals surface area contributed by atoms with Gasteiger partial charge in [-0.2, -0.15) is 13.2 Å². The molecule has 0 heterocycles. The standard InChI is InChI=1S/C18H19F3N2O3/c1-25-15-4-3-5-16(26-2)14(15)9-17(24)23-13-7-11(10-22)6-12(8-13)18(19,20)21/h3-8H,9-10,22H2,1-2H3,(H,23,24). The Hall–Kier alpha value is -2.74. The number of benzene rings is 2. The van der Waals surface area contributed by atoms with Gasteiger partial charge in [-0.1, -0.05) is 6.07 Å². The third-order valence-electron chi connectivity index (χ3n) is 3.71. The van der Waals surface area contributed by atoms with Crippen molar-refractivity contribution in [3.8, 4) is 11.5 Å². The molecule has 0 atom stereocenters. The molecule has 2 aromatic rings. The number of carbonyl (C=O) groups excluding carboxylic acids is 1. The molecule has 1 amide bonds. The summed E-state index contributed by atoms with van der Waals surface area (Å²) in [6, 6.07) is 8.28. The molecule has 2 aromatic carbocycles. The molecule has 0 saturated carbocycles. The number of ether oxygens (including phenoxy) is 2. The first kappa shape index (κ1) is 19.6. The summed E-state index contributed by atoms with van der Waals surface area (Å²) in [5.41, 5.74) is 5.37. The highest BCUT2D eigenvalue weighted by atomic mass is 19.4. The summed E-state index contributed by atoms with van der Waals surface area (Å²) in [7, 11) is 2.91. The maximum Gasteiger partial charge on any atom is 0.416 e.